The van der Waals surface area contributed by atoms with Crippen LogP contribution < -0.4 is 10.4 Å². The second-order valence-electron chi connectivity index (χ2n) is 16.4. The molecule has 4 aliphatic rings. The molecule has 6 rings (SSSR count). The maximum atomic E-state index is 15.6. The molecule has 7 heteroatoms. The summed E-state index contributed by atoms with van der Waals surface area (Å²) in [6.45, 7) is 21.0. The Morgan fingerprint density at radius 2 is 1.45 bits per heavy atom. The summed E-state index contributed by atoms with van der Waals surface area (Å²) >= 11 is 0. The first kappa shape index (κ1) is 34.2. The molecule has 2 aromatic carbocycles. The van der Waals surface area contributed by atoms with Crippen molar-refractivity contribution in [3.63, 3.8) is 0 Å². The van der Waals surface area contributed by atoms with Crippen molar-refractivity contribution in [1.29, 1.82) is 0 Å². The van der Waals surface area contributed by atoms with E-state index < -0.39 is 44.7 Å². The average Bonchev–Trinajstić information content (AvgIpc) is 3.39. The number of ether oxygens (including phenoxy) is 3. The number of methoxy groups -OCH3 is 1. The van der Waals surface area contributed by atoms with Crippen LogP contribution in [0, 0.1) is 11.3 Å². The summed E-state index contributed by atoms with van der Waals surface area (Å²) in [6.07, 6.45) is 12.1. The van der Waals surface area contributed by atoms with Crippen LogP contribution in [0.2, 0.25) is 23.2 Å². The summed E-state index contributed by atoms with van der Waals surface area (Å²) in [4.78, 5) is 15.6. The molecule has 2 heterocycles. The molecule has 0 aromatic heterocycles. The van der Waals surface area contributed by atoms with Crippen molar-refractivity contribution in [3.8, 4) is 0 Å². The van der Waals surface area contributed by atoms with E-state index in [2.05, 4.69) is 153 Å². The number of rotatable bonds is 9. The number of carbonyl (C=O) groups is 1. The normalized spacial score (nSPS) is 30.2. The fourth-order valence-corrected chi connectivity index (χ4v) is 17.0. The van der Waals surface area contributed by atoms with Gasteiger partial charge in [-0.15, -0.1) is 0 Å². The van der Waals surface area contributed by atoms with Crippen molar-refractivity contribution >= 4 is 32.5 Å². The molecule has 1 saturated heterocycles. The maximum Gasteiger partial charge on any atom is 0.192 e. The molecule has 2 aromatic rings. The molecule has 5 atom stereocenters. The lowest BCUT2D eigenvalue weighted by Crippen LogP contribution is -2.84. The molecule has 1 unspecified atom stereocenters. The van der Waals surface area contributed by atoms with E-state index in [0.29, 0.717) is 6.61 Å². The number of Topliss-reactive ketones (excluding diaryl/α,β-unsaturated/α-hetero) is 1. The van der Waals surface area contributed by atoms with Crippen molar-refractivity contribution in [2.45, 2.75) is 88.6 Å². The topological polar surface area (TPSA) is 54.0 Å². The summed E-state index contributed by atoms with van der Waals surface area (Å²) in [6, 6.07) is 21.7. The van der Waals surface area contributed by atoms with Crippen molar-refractivity contribution in [1.82, 2.24) is 0 Å². The van der Waals surface area contributed by atoms with Crippen molar-refractivity contribution in [3.05, 3.63) is 108 Å². The van der Waals surface area contributed by atoms with Crippen LogP contribution in [0.4, 0.5) is 0 Å². The highest BCUT2D eigenvalue weighted by Crippen LogP contribution is 2.68. The first-order valence-electron chi connectivity index (χ1n) is 16.9. The van der Waals surface area contributed by atoms with E-state index in [1.165, 1.54) is 10.4 Å². The number of hydrogen-bond acceptors (Lipinski definition) is 5. The molecular weight excluding hydrogens is 617 g/mol. The average molecular weight is 669 g/mol. The van der Waals surface area contributed by atoms with E-state index >= 15 is 4.79 Å². The zero-order valence-corrected chi connectivity index (χ0v) is 31.8. The predicted molar refractivity (Wildman–Crippen MR) is 195 cm³/mol. The minimum atomic E-state index is -3.22. The maximum absolute atomic E-state index is 15.6. The lowest BCUT2D eigenvalue weighted by Gasteiger charge is -2.62. The molecule has 47 heavy (non-hydrogen) atoms. The van der Waals surface area contributed by atoms with Gasteiger partial charge in [0.25, 0.3) is 0 Å². The summed E-state index contributed by atoms with van der Waals surface area (Å²) < 4.78 is 27.3. The minimum absolute atomic E-state index is 0.00756. The molecule has 0 N–H and O–H groups in total. The Bertz CT molecular complexity index is 1610. The van der Waals surface area contributed by atoms with Crippen LogP contribution in [-0.4, -0.2) is 59.6 Å². The van der Waals surface area contributed by atoms with Crippen LogP contribution in [0.15, 0.2) is 108 Å². The summed E-state index contributed by atoms with van der Waals surface area (Å²) in [5.41, 5.74) is -0.102. The van der Waals surface area contributed by atoms with Gasteiger partial charge in [0.2, 0.25) is 0 Å². The second kappa shape index (κ2) is 11.5. The zero-order chi connectivity index (χ0) is 34.1. The third-order valence-corrected chi connectivity index (χ3v) is 22.8. The van der Waals surface area contributed by atoms with Gasteiger partial charge in [0, 0.05) is 7.11 Å². The monoisotopic (exact) mass is 668 g/mol. The van der Waals surface area contributed by atoms with Crippen molar-refractivity contribution in [2.75, 3.05) is 20.5 Å². The van der Waals surface area contributed by atoms with Crippen LogP contribution in [0.25, 0.3) is 0 Å². The van der Waals surface area contributed by atoms with Crippen LogP contribution in [-0.2, 0) is 23.4 Å². The zero-order valence-electron chi connectivity index (χ0n) is 29.8. The fourth-order valence-electron chi connectivity index (χ4n) is 8.96. The van der Waals surface area contributed by atoms with Gasteiger partial charge in [-0.3, -0.25) is 4.79 Å². The van der Waals surface area contributed by atoms with Gasteiger partial charge in [-0.2, -0.15) is 0 Å². The van der Waals surface area contributed by atoms with Gasteiger partial charge in [0.15, 0.2) is 22.2 Å². The first-order valence-corrected chi connectivity index (χ1v) is 21.8. The highest BCUT2D eigenvalue weighted by Gasteiger charge is 2.81. The third kappa shape index (κ3) is 4.57. The van der Waals surface area contributed by atoms with Gasteiger partial charge in [-0.25, -0.2) is 0 Å². The Morgan fingerprint density at radius 1 is 0.851 bits per heavy atom. The summed E-state index contributed by atoms with van der Waals surface area (Å²) in [5, 5.41) is 1.14. The first-order chi connectivity index (χ1) is 22.1. The fraction of sp³-hybridized carbons (Fsp3) is 0.475. The SMILES string of the molecule is COCOC1C(C)=C[C@]23C=CC=C[C@H](C2=O)[C@@]2([Si](c4ccccc4)(c4ccccc4)C(C)(C)C)O[C@@]13C=C2CO[Si](C)(C)C(C)(C)C. The van der Waals surface area contributed by atoms with E-state index in [0.717, 1.165) is 11.1 Å². The van der Waals surface area contributed by atoms with Crippen LogP contribution in [0.3, 0.4) is 0 Å². The Hall–Kier alpha value is -2.66. The van der Waals surface area contributed by atoms with E-state index in [-0.39, 0.29) is 22.7 Å². The number of allylic oxidation sites excluding steroid dienone is 2. The predicted octanol–water partition coefficient (Wildman–Crippen LogP) is 7.31. The molecule has 5 nitrogen and oxygen atoms in total. The van der Waals surface area contributed by atoms with Crippen LogP contribution in [0.1, 0.15) is 48.5 Å². The molecule has 2 aliphatic heterocycles. The van der Waals surface area contributed by atoms with Gasteiger partial charge < -0.3 is 18.6 Å². The summed E-state index contributed by atoms with van der Waals surface area (Å²) in [7, 11) is -3.81. The molecule has 1 fully saturated rings. The minimum Gasteiger partial charge on any atom is -0.413 e. The van der Waals surface area contributed by atoms with E-state index in [1.54, 1.807) is 7.11 Å². The van der Waals surface area contributed by atoms with Crippen molar-refractivity contribution < 1.29 is 23.4 Å². The molecule has 4 bridgehead atoms. The highest BCUT2D eigenvalue weighted by molar-refractivity contribution is 7.07. The third-order valence-electron chi connectivity index (χ3n) is 11.8. The van der Waals surface area contributed by atoms with Gasteiger partial charge in [-0.05, 0) is 47.3 Å². The summed E-state index contributed by atoms with van der Waals surface area (Å²) in [5.74, 6) is -0.401. The number of ketones is 1. The quantitative estimate of drug-likeness (QED) is 0.160. The van der Waals surface area contributed by atoms with E-state index in [1.807, 2.05) is 6.08 Å². The Labute approximate surface area is 283 Å². The number of fused-ring (bicyclic) bond motifs is 3. The largest absolute Gasteiger partial charge is 0.413 e. The number of carbonyl (C=O) groups excluding carboxylic acids is 1. The molecule has 0 saturated carbocycles. The van der Waals surface area contributed by atoms with Crippen LogP contribution in [0.5, 0.6) is 0 Å². The van der Waals surface area contributed by atoms with Gasteiger partial charge in [0.1, 0.15) is 29.1 Å². The highest BCUT2D eigenvalue weighted by atomic mass is 28.4. The molecule has 0 radical (unpaired) electrons. The number of hydrogen-bond donors (Lipinski definition) is 0. The second-order valence-corrected chi connectivity index (χ2v) is 26.1. The molecule has 2 spiro atoms. The molecule has 250 valence electrons. The van der Waals surface area contributed by atoms with Gasteiger partial charge in [-0.1, -0.05) is 143 Å². The van der Waals surface area contributed by atoms with Crippen molar-refractivity contribution in [2.24, 2.45) is 11.3 Å². The van der Waals surface area contributed by atoms with Gasteiger partial charge >= 0.3 is 0 Å². The lowest BCUT2D eigenvalue weighted by molar-refractivity contribution is -0.208. The van der Waals surface area contributed by atoms with Crippen LogP contribution >= 0.6 is 0 Å². The smallest absolute Gasteiger partial charge is 0.192 e. The standard InChI is InChI=1S/C40H52O5Si2/c1-29-25-38-24-18-17-23-33(34(38)41)40(47(37(5,6)7,31-19-13-11-14-20-31)32-21-15-12-16-22-32)30(27-44-46(9,10)36(2,3)4)26-39(38,45-40)35(29)43-28-42-8/h11-26,33,35H,27-28H2,1-10H3/t33-,35?,38-,39+,40-/m1/s1. The van der Waals surface area contributed by atoms with E-state index in [4.69, 9.17) is 18.6 Å². The van der Waals surface area contributed by atoms with E-state index in [9.17, 15) is 0 Å². The lowest BCUT2D eigenvalue weighted by atomic mass is 9.66. The van der Waals surface area contributed by atoms with Gasteiger partial charge in [0.05, 0.1) is 12.5 Å². The number of benzene rings is 2. The molecular formula is C40H52O5Si2. The Kier molecular flexibility index (Phi) is 8.34. The Balaban J connectivity index is 1.75. The molecule has 0 amide bonds. The molecule has 2 aliphatic carbocycles. The Morgan fingerprint density at radius 3 is 1.98 bits per heavy atom.